The van der Waals surface area contributed by atoms with E-state index in [2.05, 4.69) is 153 Å². The summed E-state index contributed by atoms with van der Waals surface area (Å²) in [6.45, 7) is 0. The molecule has 3 heteroatoms. The Bertz CT molecular complexity index is 1150. The Balaban J connectivity index is 1.83. The summed E-state index contributed by atoms with van der Waals surface area (Å²) in [7, 11) is 0. The first kappa shape index (κ1) is 20.7. The molecule has 0 bridgehead atoms. The van der Waals surface area contributed by atoms with Crippen LogP contribution in [-0.2, 0) is 0 Å². The number of hydrogen-bond acceptors (Lipinski definition) is 0. The van der Waals surface area contributed by atoms with E-state index in [1.165, 1.54) is 28.7 Å². The molecular weight excluding hydrogens is 569 g/mol. The van der Waals surface area contributed by atoms with Crippen LogP contribution in [0.4, 0.5) is 0 Å². The molecule has 5 rings (SSSR count). The number of rotatable bonds is 4. The van der Waals surface area contributed by atoms with Gasteiger partial charge in [0, 0.05) is 0 Å². The van der Waals surface area contributed by atoms with Gasteiger partial charge in [-0.05, 0) is 0 Å². The molecule has 0 aliphatic carbocycles. The van der Waals surface area contributed by atoms with Crippen LogP contribution in [0.25, 0.3) is 8.81 Å². The Morgan fingerprint density at radius 3 is 1.13 bits per heavy atom. The van der Waals surface area contributed by atoms with Gasteiger partial charge in [0.25, 0.3) is 0 Å². The second kappa shape index (κ2) is 8.78. The molecule has 0 amide bonds. The van der Waals surface area contributed by atoms with Gasteiger partial charge in [-0.25, -0.2) is 0 Å². The van der Waals surface area contributed by atoms with Crippen LogP contribution >= 0.6 is 31.9 Å². The Morgan fingerprint density at radius 2 is 0.774 bits per heavy atom. The first-order valence-electron chi connectivity index (χ1n) is 10.3. The van der Waals surface area contributed by atoms with Gasteiger partial charge in [-0.15, -0.1) is 0 Å². The summed E-state index contributed by atoms with van der Waals surface area (Å²) < 4.78 is 8.07. The van der Waals surface area contributed by atoms with E-state index in [9.17, 15) is 0 Å². The molecular formula is C28H20Br2Ge. The van der Waals surface area contributed by atoms with Gasteiger partial charge in [0.1, 0.15) is 0 Å². The van der Waals surface area contributed by atoms with Crippen molar-refractivity contribution in [2.75, 3.05) is 0 Å². The molecule has 0 saturated carbocycles. The molecule has 1 aliphatic rings. The van der Waals surface area contributed by atoms with Crippen molar-refractivity contribution in [2.45, 2.75) is 0 Å². The summed E-state index contributed by atoms with van der Waals surface area (Å²) in [5.41, 5.74) is 2.61. The summed E-state index contributed by atoms with van der Waals surface area (Å²) in [4.78, 5) is 0. The van der Waals surface area contributed by atoms with Crippen molar-refractivity contribution in [3.8, 4) is 0 Å². The van der Waals surface area contributed by atoms with Crippen LogP contribution in [0.15, 0.2) is 130 Å². The van der Waals surface area contributed by atoms with Crippen LogP contribution in [0.1, 0.15) is 11.1 Å². The van der Waals surface area contributed by atoms with Crippen molar-refractivity contribution in [2.24, 2.45) is 0 Å². The molecule has 4 aromatic carbocycles. The molecule has 0 spiro atoms. The van der Waals surface area contributed by atoms with Crippen molar-refractivity contribution >= 4 is 62.7 Å². The van der Waals surface area contributed by atoms with Crippen LogP contribution in [0.5, 0.6) is 0 Å². The minimum atomic E-state index is -3.19. The van der Waals surface area contributed by atoms with Gasteiger partial charge in [0.2, 0.25) is 0 Å². The monoisotopic (exact) mass is 588 g/mol. The molecule has 0 saturated heterocycles. The maximum atomic E-state index is 3.61. The van der Waals surface area contributed by atoms with Crippen LogP contribution in [-0.4, -0.2) is 13.3 Å². The van der Waals surface area contributed by atoms with Gasteiger partial charge < -0.3 is 0 Å². The Labute approximate surface area is 203 Å². The van der Waals surface area contributed by atoms with Crippen molar-refractivity contribution in [1.82, 2.24) is 0 Å². The van der Waals surface area contributed by atoms with Gasteiger partial charge in [-0.1, -0.05) is 0 Å². The molecule has 0 N–H and O–H groups in total. The molecule has 0 radical (unpaired) electrons. The molecule has 150 valence electrons. The molecule has 4 aromatic rings. The molecule has 1 aliphatic heterocycles. The molecule has 0 unspecified atom stereocenters. The van der Waals surface area contributed by atoms with Crippen molar-refractivity contribution < 1.29 is 0 Å². The van der Waals surface area contributed by atoms with E-state index in [4.69, 9.17) is 0 Å². The average Bonchev–Trinajstić information content (AvgIpc) is 3.22. The van der Waals surface area contributed by atoms with Crippen LogP contribution in [0.2, 0.25) is 0 Å². The van der Waals surface area contributed by atoms with E-state index >= 15 is 0 Å². The molecule has 1 heterocycles. The summed E-state index contributed by atoms with van der Waals surface area (Å²) in [5, 5.41) is 0. The third-order valence-electron chi connectivity index (χ3n) is 5.95. The zero-order valence-corrected chi connectivity index (χ0v) is 22.1. The van der Waals surface area contributed by atoms with Gasteiger partial charge >= 0.3 is 204 Å². The third-order valence-corrected chi connectivity index (χ3v) is 17.3. The first-order valence-corrected chi connectivity index (χ1v) is 16.0. The van der Waals surface area contributed by atoms with Crippen molar-refractivity contribution in [3.63, 3.8) is 0 Å². The molecule has 0 aromatic heterocycles. The standard InChI is InChI=1S/C28H20Br2Ge/c29-23-15-11-21(12-16-23)27-19-20-28(22-13-17-24(30)18-14-22)31(27,25-7-3-1-4-8-25)26-9-5-2-6-10-26/h1-20H. The van der Waals surface area contributed by atoms with Gasteiger partial charge in [-0.2, -0.15) is 0 Å². The zero-order chi connectivity index (χ0) is 21.3. The molecule has 0 nitrogen and oxygen atoms in total. The predicted molar refractivity (Wildman–Crippen MR) is 142 cm³/mol. The SMILES string of the molecule is Brc1ccc([C]2=CC=[C](c3ccc(Br)cc3)[Ge]2([c]2ccccc2)[c]2ccccc2)cc1. The second-order valence-electron chi connectivity index (χ2n) is 7.66. The van der Waals surface area contributed by atoms with Crippen molar-refractivity contribution in [1.29, 1.82) is 0 Å². The van der Waals surface area contributed by atoms with E-state index in [1.54, 1.807) is 0 Å². The van der Waals surface area contributed by atoms with Crippen LogP contribution < -0.4 is 8.79 Å². The van der Waals surface area contributed by atoms with E-state index < -0.39 is 13.3 Å². The zero-order valence-electron chi connectivity index (χ0n) is 16.8. The predicted octanol–water partition coefficient (Wildman–Crippen LogP) is 7.03. The molecule has 31 heavy (non-hydrogen) atoms. The number of hydrogen-bond donors (Lipinski definition) is 0. The first-order chi connectivity index (χ1) is 15.2. The normalized spacial score (nSPS) is 14.8. The van der Waals surface area contributed by atoms with E-state index in [0.717, 1.165) is 8.95 Å². The number of benzene rings is 4. The van der Waals surface area contributed by atoms with Crippen molar-refractivity contribution in [3.05, 3.63) is 141 Å². The topological polar surface area (TPSA) is 0 Å². The van der Waals surface area contributed by atoms with Gasteiger partial charge in [-0.3, -0.25) is 0 Å². The van der Waals surface area contributed by atoms with E-state index in [1.807, 2.05) is 0 Å². The van der Waals surface area contributed by atoms with Gasteiger partial charge in [0.15, 0.2) is 0 Å². The molecule has 0 atom stereocenters. The summed E-state index contributed by atoms with van der Waals surface area (Å²) in [6.07, 6.45) is 4.75. The Hall–Kier alpha value is -2.14. The minimum absolute atomic E-state index is 1.11. The quantitative estimate of drug-likeness (QED) is 0.225. The summed E-state index contributed by atoms with van der Waals surface area (Å²) >= 11 is 4.02. The second-order valence-corrected chi connectivity index (χ2v) is 17.3. The number of halogens is 2. The fourth-order valence-electron chi connectivity index (χ4n) is 4.61. The van der Waals surface area contributed by atoms with Crippen LogP contribution in [0, 0.1) is 0 Å². The summed E-state index contributed by atoms with van der Waals surface area (Å²) in [6, 6.07) is 39.9. The summed E-state index contributed by atoms with van der Waals surface area (Å²) in [5.74, 6) is 0. The van der Waals surface area contributed by atoms with Gasteiger partial charge in [0.05, 0.1) is 0 Å². The molecule has 0 fully saturated rings. The third kappa shape index (κ3) is 3.71. The van der Waals surface area contributed by atoms with E-state index in [-0.39, 0.29) is 0 Å². The fraction of sp³-hybridized carbons (Fsp3) is 0. The maximum absolute atomic E-state index is 3.61. The Kier molecular flexibility index (Phi) is 5.87. The number of allylic oxidation sites excluding steroid dienone is 2. The average molecular weight is 589 g/mol. The van der Waals surface area contributed by atoms with Crippen LogP contribution in [0.3, 0.4) is 0 Å². The van der Waals surface area contributed by atoms with E-state index in [0.29, 0.717) is 0 Å². The Morgan fingerprint density at radius 1 is 0.419 bits per heavy atom. The fourth-order valence-corrected chi connectivity index (χ4v) is 15.9.